The lowest BCUT2D eigenvalue weighted by atomic mass is 10.2. The molecule has 68 valence electrons. The van der Waals surface area contributed by atoms with Gasteiger partial charge in [-0.1, -0.05) is 0 Å². The van der Waals surface area contributed by atoms with Crippen molar-refractivity contribution >= 4 is 27.2 Å². The van der Waals surface area contributed by atoms with Crippen LogP contribution in [0, 0.1) is 0 Å². The van der Waals surface area contributed by atoms with Crippen LogP contribution < -0.4 is 5.32 Å². The molecule has 0 aliphatic heterocycles. The van der Waals surface area contributed by atoms with Crippen molar-refractivity contribution in [3.8, 4) is 0 Å². The third-order valence-corrected chi connectivity index (χ3v) is 2.60. The number of rotatable bonds is 2. The van der Waals surface area contributed by atoms with Crippen LogP contribution in [0.3, 0.4) is 0 Å². The lowest BCUT2D eigenvalue weighted by Gasteiger charge is -2.08. The predicted octanol–water partition coefficient (Wildman–Crippen LogP) is 3.12. The van der Waals surface area contributed by atoms with Gasteiger partial charge in [0.1, 0.15) is 0 Å². The molecule has 1 aromatic heterocycles. The smallest absolute Gasteiger partial charge is 0.0832 e. The summed E-state index contributed by atoms with van der Waals surface area (Å²) in [5.74, 6) is 0. The van der Waals surface area contributed by atoms with Gasteiger partial charge in [-0.25, -0.2) is 4.98 Å². The van der Waals surface area contributed by atoms with E-state index >= 15 is 0 Å². The summed E-state index contributed by atoms with van der Waals surface area (Å²) in [7, 11) is 0. The van der Waals surface area contributed by atoms with E-state index in [1.165, 1.54) is 4.70 Å². The van der Waals surface area contributed by atoms with E-state index in [0.29, 0.717) is 6.04 Å². The van der Waals surface area contributed by atoms with E-state index in [0.717, 1.165) is 11.2 Å². The van der Waals surface area contributed by atoms with Crippen molar-refractivity contribution in [1.29, 1.82) is 0 Å². The van der Waals surface area contributed by atoms with Crippen LogP contribution in [0.5, 0.6) is 0 Å². The molecule has 3 heteroatoms. The van der Waals surface area contributed by atoms with Crippen molar-refractivity contribution in [1.82, 2.24) is 4.98 Å². The van der Waals surface area contributed by atoms with Gasteiger partial charge < -0.3 is 5.32 Å². The van der Waals surface area contributed by atoms with Crippen LogP contribution in [0.2, 0.25) is 0 Å². The molecule has 0 aliphatic rings. The van der Waals surface area contributed by atoms with Gasteiger partial charge in [0.15, 0.2) is 0 Å². The molecule has 0 spiro atoms. The maximum atomic E-state index is 4.27. The molecule has 2 nitrogen and oxygen atoms in total. The highest BCUT2D eigenvalue weighted by atomic mass is 32.1. The molecular formula is C10H12N2S. The summed E-state index contributed by atoms with van der Waals surface area (Å²) in [6.45, 7) is 4.26. The van der Waals surface area contributed by atoms with Crippen LogP contribution in [0.25, 0.3) is 10.2 Å². The number of hydrogen-bond acceptors (Lipinski definition) is 3. The molecule has 0 unspecified atom stereocenters. The summed E-state index contributed by atoms with van der Waals surface area (Å²) in [6, 6.07) is 6.76. The van der Waals surface area contributed by atoms with Crippen molar-refractivity contribution < 1.29 is 0 Å². The van der Waals surface area contributed by atoms with E-state index in [1.54, 1.807) is 11.3 Å². The number of fused-ring (bicyclic) bond motifs is 1. The normalized spacial score (nSPS) is 11.0. The van der Waals surface area contributed by atoms with Crippen LogP contribution in [-0.4, -0.2) is 11.0 Å². The van der Waals surface area contributed by atoms with E-state index in [9.17, 15) is 0 Å². The summed E-state index contributed by atoms with van der Waals surface area (Å²) >= 11 is 1.68. The molecule has 1 N–H and O–H groups in total. The van der Waals surface area contributed by atoms with Gasteiger partial charge in [-0.15, -0.1) is 11.3 Å². The van der Waals surface area contributed by atoms with Crippen LogP contribution in [0.1, 0.15) is 13.8 Å². The van der Waals surface area contributed by atoms with E-state index in [-0.39, 0.29) is 0 Å². The molecule has 0 saturated carbocycles. The van der Waals surface area contributed by atoms with Gasteiger partial charge in [-0.05, 0) is 32.0 Å². The summed E-state index contributed by atoms with van der Waals surface area (Å²) in [4.78, 5) is 4.27. The lowest BCUT2D eigenvalue weighted by molar-refractivity contribution is 0.900. The van der Waals surface area contributed by atoms with Crippen molar-refractivity contribution in [2.75, 3.05) is 5.32 Å². The molecule has 0 fully saturated rings. The zero-order chi connectivity index (χ0) is 9.26. The van der Waals surface area contributed by atoms with Crippen LogP contribution >= 0.6 is 11.3 Å². The largest absolute Gasteiger partial charge is 0.383 e. The van der Waals surface area contributed by atoms with E-state index in [1.807, 2.05) is 5.51 Å². The van der Waals surface area contributed by atoms with Gasteiger partial charge >= 0.3 is 0 Å². The third kappa shape index (κ3) is 1.80. The Kier molecular flexibility index (Phi) is 2.19. The molecular weight excluding hydrogens is 180 g/mol. The third-order valence-electron chi connectivity index (χ3n) is 1.79. The number of hydrogen-bond donors (Lipinski definition) is 1. The number of thiazole rings is 1. The van der Waals surface area contributed by atoms with Crippen molar-refractivity contribution in [3.05, 3.63) is 23.7 Å². The van der Waals surface area contributed by atoms with Gasteiger partial charge in [0.2, 0.25) is 0 Å². The van der Waals surface area contributed by atoms with Crippen LogP contribution in [-0.2, 0) is 0 Å². The monoisotopic (exact) mass is 192 g/mol. The number of benzene rings is 1. The molecule has 0 amide bonds. The molecule has 0 atom stereocenters. The standard InChI is InChI=1S/C10H12N2S/c1-7(2)12-8-3-4-10-9(5-8)11-6-13-10/h3-7,12H,1-2H3. The van der Waals surface area contributed by atoms with E-state index in [4.69, 9.17) is 0 Å². The molecule has 0 aliphatic carbocycles. The van der Waals surface area contributed by atoms with Gasteiger partial charge in [0.05, 0.1) is 15.7 Å². The minimum atomic E-state index is 0.469. The molecule has 1 aromatic carbocycles. The molecule has 1 heterocycles. The fourth-order valence-electron chi connectivity index (χ4n) is 1.28. The van der Waals surface area contributed by atoms with Gasteiger partial charge in [-0.3, -0.25) is 0 Å². The summed E-state index contributed by atoms with van der Waals surface area (Å²) in [6.07, 6.45) is 0. The Bertz CT molecular complexity index is 406. The molecule has 2 rings (SSSR count). The topological polar surface area (TPSA) is 24.9 Å². The molecule has 0 saturated heterocycles. The van der Waals surface area contributed by atoms with Gasteiger partial charge in [0, 0.05) is 11.7 Å². The maximum Gasteiger partial charge on any atom is 0.0832 e. The Hall–Kier alpha value is -1.09. The van der Waals surface area contributed by atoms with E-state index < -0.39 is 0 Å². The van der Waals surface area contributed by atoms with E-state index in [2.05, 4.69) is 42.3 Å². The minimum absolute atomic E-state index is 0.469. The SMILES string of the molecule is CC(C)Nc1ccc2scnc2c1. The predicted molar refractivity (Wildman–Crippen MR) is 58.4 cm³/mol. The lowest BCUT2D eigenvalue weighted by Crippen LogP contribution is -2.09. The Morgan fingerprint density at radius 3 is 3.00 bits per heavy atom. The Balaban J connectivity index is 2.37. The zero-order valence-electron chi connectivity index (χ0n) is 7.74. The first-order chi connectivity index (χ1) is 6.25. The van der Waals surface area contributed by atoms with Crippen molar-refractivity contribution in [2.24, 2.45) is 0 Å². The second kappa shape index (κ2) is 3.34. The Morgan fingerprint density at radius 1 is 1.38 bits per heavy atom. The highest BCUT2D eigenvalue weighted by molar-refractivity contribution is 7.16. The average molecular weight is 192 g/mol. The Morgan fingerprint density at radius 2 is 2.23 bits per heavy atom. The highest BCUT2D eigenvalue weighted by Crippen LogP contribution is 2.21. The first-order valence-corrected chi connectivity index (χ1v) is 5.23. The fourth-order valence-corrected chi connectivity index (χ4v) is 1.94. The molecule has 0 bridgehead atoms. The number of nitrogens with zero attached hydrogens (tertiary/aromatic N) is 1. The minimum Gasteiger partial charge on any atom is -0.383 e. The second-order valence-corrected chi connectivity index (χ2v) is 4.22. The quantitative estimate of drug-likeness (QED) is 0.790. The summed E-state index contributed by atoms with van der Waals surface area (Å²) < 4.78 is 1.24. The molecule has 13 heavy (non-hydrogen) atoms. The summed E-state index contributed by atoms with van der Waals surface area (Å²) in [5, 5.41) is 3.35. The zero-order valence-corrected chi connectivity index (χ0v) is 8.56. The Labute approximate surface area is 81.6 Å². The first-order valence-electron chi connectivity index (χ1n) is 4.35. The van der Waals surface area contributed by atoms with Crippen molar-refractivity contribution in [2.45, 2.75) is 19.9 Å². The first kappa shape index (κ1) is 8.51. The number of anilines is 1. The second-order valence-electron chi connectivity index (χ2n) is 3.33. The number of aromatic nitrogens is 1. The summed E-state index contributed by atoms with van der Waals surface area (Å²) in [5.41, 5.74) is 4.10. The van der Waals surface area contributed by atoms with Gasteiger partial charge in [-0.2, -0.15) is 0 Å². The average Bonchev–Trinajstić information content (AvgIpc) is 2.49. The molecule has 0 radical (unpaired) electrons. The van der Waals surface area contributed by atoms with Gasteiger partial charge in [0.25, 0.3) is 0 Å². The van der Waals surface area contributed by atoms with Crippen LogP contribution in [0.4, 0.5) is 5.69 Å². The molecule has 2 aromatic rings. The van der Waals surface area contributed by atoms with Crippen molar-refractivity contribution in [3.63, 3.8) is 0 Å². The number of nitrogens with one attached hydrogen (secondary N) is 1. The maximum absolute atomic E-state index is 4.27. The highest BCUT2D eigenvalue weighted by Gasteiger charge is 1.99. The van der Waals surface area contributed by atoms with Crippen LogP contribution in [0.15, 0.2) is 23.7 Å². The fraction of sp³-hybridized carbons (Fsp3) is 0.300.